The van der Waals surface area contributed by atoms with Crippen LogP contribution in [0.3, 0.4) is 0 Å². The Labute approximate surface area is 93.5 Å². The molecule has 0 saturated heterocycles. The second kappa shape index (κ2) is 4.05. The van der Waals surface area contributed by atoms with E-state index in [1.807, 2.05) is 19.9 Å². The third kappa shape index (κ3) is 1.96. The molecule has 0 fully saturated rings. The highest BCUT2D eigenvalue weighted by molar-refractivity contribution is 5.66. The number of benzene rings is 2. The summed E-state index contributed by atoms with van der Waals surface area (Å²) >= 11 is 0. The van der Waals surface area contributed by atoms with Crippen LogP contribution in [0.4, 0.5) is 8.78 Å². The van der Waals surface area contributed by atoms with E-state index in [-0.39, 0.29) is 5.56 Å². The maximum Gasteiger partial charge on any atom is 0.133 e. The Hall–Kier alpha value is -1.70. The standard InChI is InChI=1S/C14H12F2/c1-9-6-10(2)8-11(7-9)14-12(15)4-3-5-13(14)16/h3-8H,1-2H3. The summed E-state index contributed by atoms with van der Waals surface area (Å²) in [5.41, 5.74) is 2.64. The monoisotopic (exact) mass is 218 g/mol. The summed E-state index contributed by atoms with van der Waals surface area (Å²) in [5, 5.41) is 0. The van der Waals surface area contributed by atoms with E-state index in [0.29, 0.717) is 5.56 Å². The van der Waals surface area contributed by atoms with Gasteiger partial charge in [0.25, 0.3) is 0 Å². The lowest BCUT2D eigenvalue weighted by Gasteiger charge is -2.07. The first-order chi connectivity index (χ1) is 7.58. The molecule has 82 valence electrons. The predicted octanol–water partition coefficient (Wildman–Crippen LogP) is 4.25. The zero-order valence-corrected chi connectivity index (χ0v) is 9.22. The van der Waals surface area contributed by atoms with Gasteiger partial charge in [-0.25, -0.2) is 8.78 Å². The van der Waals surface area contributed by atoms with Crippen molar-refractivity contribution < 1.29 is 8.78 Å². The van der Waals surface area contributed by atoms with Crippen LogP contribution in [0.2, 0.25) is 0 Å². The van der Waals surface area contributed by atoms with Crippen molar-refractivity contribution >= 4 is 0 Å². The molecule has 2 aromatic rings. The lowest BCUT2D eigenvalue weighted by atomic mass is 10.00. The van der Waals surface area contributed by atoms with Crippen LogP contribution in [-0.2, 0) is 0 Å². The van der Waals surface area contributed by atoms with Crippen molar-refractivity contribution in [2.24, 2.45) is 0 Å². The van der Waals surface area contributed by atoms with E-state index in [9.17, 15) is 8.78 Å². The number of hydrogen-bond donors (Lipinski definition) is 0. The summed E-state index contributed by atoms with van der Waals surface area (Å²) in [4.78, 5) is 0. The molecule has 0 aromatic heterocycles. The molecule has 0 spiro atoms. The van der Waals surface area contributed by atoms with Crippen molar-refractivity contribution in [3.05, 3.63) is 59.2 Å². The predicted molar refractivity (Wildman–Crippen MR) is 61.3 cm³/mol. The molecule has 0 radical (unpaired) electrons. The van der Waals surface area contributed by atoms with Gasteiger partial charge >= 0.3 is 0 Å². The summed E-state index contributed by atoms with van der Waals surface area (Å²) < 4.78 is 27.1. The average Bonchev–Trinajstić information content (AvgIpc) is 2.15. The molecule has 0 nitrogen and oxygen atoms in total. The van der Waals surface area contributed by atoms with Crippen LogP contribution in [0.5, 0.6) is 0 Å². The summed E-state index contributed by atoms with van der Waals surface area (Å²) in [6, 6.07) is 9.47. The van der Waals surface area contributed by atoms with Crippen molar-refractivity contribution in [3.63, 3.8) is 0 Å². The molecule has 0 aliphatic rings. The largest absolute Gasteiger partial charge is 0.206 e. The fraction of sp³-hybridized carbons (Fsp3) is 0.143. The Morgan fingerprint density at radius 2 is 1.31 bits per heavy atom. The van der Waals surface area contributed by atoms with Crippen LogP contribution in [0.25, 0.3) is 11.1 Å². The van der Waals surface area contributed by atoms with E-state index >= 15 is 0 Å². The normalized spacial score (nSPS) is 10.5. The van der Waals surface area contributed by atoms with Crippen LogP contribution in [0.1, 0.15) is 11.1 Å². The first-order valence-electron chi connectivity index (χ1n) is 5.10. The molecular weight excluding hydrogens is 206 g/mol. The molecule has 0 unspecified atom stereocenters. The minimum atomic E-state index is -0.523. The van der Waals surface area contributed by atoms with Gasteiger partial charge < -0.3 is 0 Å². The SMILES string of the molecule is Cc1cc(C)cc(-c2c(F)cccc2F)c1. The first-order valence-corrected chi connectivity index (χ1v) is 5.10. The van der Waals surface area contributed by atoms with Gasteiger partial charge in [0.05, 0.1) is 5.56 Å². The zero-order valence-electron chi connectivity index (χ0n) is 9.22. The topological polar surface area (TPSA) is 0 Å². The van der Waals surface area contributed by atoms with Gasteiger partial charge in [-0.05, 0) is 31.5 Å². The third-order valence-corrected chi connectivity index (χ3v) is 2.47. The van der Waals surface area contributed by atoms with Crippen LogP contribution in [0, 0.1) is 25.5 Å². The lowest BCUT2D eigenvalue weighted by Crippen LogP contribution is -1.91. The molecule has 0 heterocycles. The van der Waals surface area contributed by atoms with Crippen LogP contribution >= 0.6 is 0 Å². The molecule has 2 rings (SSSR count). The summed E-state index contributed by atoms with van der Waals surface area (Å²) in [6.07, 6.45) is 0. The fourth-order valence-corrected chi connectivity index (χ4v) is 1.89. The maximum absolute atomic E-state index is 13.6. The van der Waals surface area contributed by atoms with Gasteiger partial charge in [-0.15, -0.1) is 0 Å². The van der Waals surface area contributed by atoms with E-state index < -0.39 is 11.6 Å². The minimum Gasteiger partial charge on any atom is -0.206 e. The van der Waals surface area contributed by atoms with Crippen LogP contribution in [-0.4, -0.2) is 0 Å². The van der Waals surface area contributed by atoms with E-state index in [1.165, 1.54) is 18.2 Å². The number of rotatable bonds is 1. The Morgan fingerprint density at radius 3 is 1.81 bits per heavy atom. The smallest absolute Gasteiger partial charge is 0.133 e. The molecule has 2 aromatic carbocycles. The van der Waals surface area contributed by atoms with Crippen molar-refractivity contribution in [2.45, 2.75) is 13.8 Å². The summed E-state index contributed by atoms with van der Waals surface area (Å²) in [7, 11) is 0. The molecule has 0 atom stereocenters. The Balaban J connectivity index is 2.67. The molecule has 0 N–H and O–H groups in total. The van der Waals surface area contributed by atoms with Gasteiger partial charge in [0.1, 0.15) is 11.6 Å². The van der Waals surface area contributed by atoms with Crippen molar-refractivity contribution in [3.8, 4) is 11.1 Å². The van der Waals surface area contributed by atoms with Crippen LogP contribution in [0.15, 0.2) is 36.4 Å². The third-order valence-electron chi connectivity index (χ3n) is 2.47. The summed E-state index contributed by atoms with van der Waals surface area (Å²) in [6.45, 7) is 3.82. The summed E-state index contributed by atoms with van der Waals surface area (Å²) in [5.74, 6) is -1.05. The van der Waals surface area contributed by atoms with Crippen molar-refractivity contribution in [1.29, 1.82) is 0 Å². The van der Waals surface area contributed by atoms with Gasteiger partial charge in [0.15, 0.2) is 0 Å². The van der Waals surface area contributed by atoms with Crippen LogP contribution < -0.4 is 0 Å². The number of halogens is 2. The van der Waals surface area contributed by atoms with Gasteiger partial charge in [-0.1, -0.05) is 35.4 Å². The van der Waals surface area contributed by atoms with E-state index in [4.69, 9.17) is 0 Å². The molecule has 0 aliphatic heterocycles. The van der Waals surface area contributed by atoms with E-state index in [0.717, 1.165) is 11.1 Å². The average molecular weight is 218 g/mol. The Morgan fingerprint density at radius 1 is 0.812 bits per heavy atom. The Bertz CT molecular complexity index is 490. The maximum atomic E-state index is 13.6. The number of hydrogen-bond acceptors (Lipinski definition) is 0. The fourth-order valence-electron chi connectivity index (χ4n) is 1.89. The van der Waals surface area contributed by atoms with E-state index in [2.05, 4.69) is 0 Å². The van der Waals surface area contributed by atoms with Gasteiger partial charge in [-0.3, -0.25) is 0 Å². The van der Waals surface area contributed by atoms with Gasteiger partial charge in [-0.2, -0.15) is 0 Å². The quantitative estimate of drug-likeness (QED) is 0.671. The van der Waals surface area contributed by atoms with Crippen molar-refractivity contribution in [1.82, 2.24) is 0 Å². The van der Waals surface area contributed by atoms with Crippen molar-refractivity contribution in [2.75, 3.05) is 0 Å². The molecule has 16 heavy (non-hydrogen) atoms. The molecule has 0 bridgehead atoms. The van der Waals surface area contributed by atoms with Gasteiger partial charge in [0, 0.05) is 0 Å². The highest BCUT2D eigenvalue weighted by Gasteiger charge is 2.11. The highest BCUT2D eigenvalue weighted by Crippen LogP contribution is 2.27. The minimum absolute atomic E-state index is 0.0503. The number of aryl methyl sites for hydroxylation is 2. The van der Waals surface area contributed by atoms with E-state index in [1.54, 1.807) is 12.1 Å². The molecule has 0 aliphatic carbocycles. The second-order valence-electron chi connectivity index (χ2n) is 3.97. The molecule has 0 saturated carbocycles. The van der Waals surface area contributed by atoms with Gasteiger partial charge in [0.2, 0.25) is 0 Å². The Kier molecular flexibility index (Phi) is 2.73. The second-order valence-corrected chi connectivity index (χ2v) is 3.97. The first kappa shape index (κ1) is 10.8. The zero-order chi connectivity index (χ0) is 11.7. The molecular formula is C14H12F2. The highest BCUT2D eigenvalue weighted by atomic mass is 19.1. The lowest BCUT2D eigenvalue weighted by molar-refractivity contribution is 0.589. The molecule has 2 heteroatoms. The molecule has 0 amide bonds.